The van der Waals surface area contributed by atoms with Gasteiger partial charge in [-0.2, -0.15) is 0 Å². The Bertz CT molecular complexity index is 310. The van der Waals surface area contributed by atoms with E-state index < -0.39 is 21.3 Å². The van der Waals surface area contributed by atoms with E-state index >= 15 is 0 Å². The number of ether oxygens (including phenoxy) is 1. The van der Waals surface area contributed by atoms with Crippen LogP contribution in [0.1, 0.15) is 33.6 Å². The third kappa shape index (κ3) is 8.52. The first kappa shape index (κ1) is 18.7. The second-order valence-electron chi connectivity index (χ2n) is 3.99. The number of carbonyl (C=O) groups excluding carboxylic acids is 1. The first-order valence-electron chi connectivity index (χ1n) is 4.80. The van der Waals surface area contributed by atoms with Gasteiger partial charge in [-0.1, -0.05) is 6.92 Å². The maximum atomic E-state index is 11.4. The third-order valence-corrected chi connectivity index (χ3v) is 3.00. The molecule has 0 spiro atoms. The van der Waals surface area contributed by atoms with Crippen molar-refractivity contribution in [3.05, 3.63) is 0 Å². The normalized spacial score (nSPS) is 11.8. The molecule has 0 aromatic carbocycles. The maximum absolute atomic E-state index is 11.4. The van der Waals surface area contributed by atoms with Crippen LogP contribution in [0.5, 0.6) is 0 Å². The van der Waals surface area contributed by atoms with Crippen LogP contribution in [0.15, 0.2) is 0 Å². The van der Waals surface area contributed by atoms with Gasteiger partial charge in [0, 0.05) is 5.75 Å². The van der Waals surface area contributed by atoms with Crippen molar-refractivity contribution in [2.75, 3.05) is 12.4 Å². The van der Waals surface area contributed by atoms with Gasteiger partial charge >= 0.3 is 35.5 Å². The number of rotatable bonds is 6. The Balaban J connectivity index is 0. The zero-order valence-corrected chi connectivity index (χ0v) is 13.1. The predicted octanol–water partition coefficient (Wildman–Crippen LogP) is -2.09. The Labute approximate surface area is 119 Å². The van der Waals surface area contributed by atoms with Crippen LogP contribution >= 0.6 is 0 Å². The van der Waals surface area contributed by atoms with Gasteiger partial charge in [-0.25, -0.2) is 8.42 Å². The van der Waals surface area contributed by atoms with Gasteiger partial charge in [0.15, 0.2) is 0 Å². The molecule has 0 radical (unpaired) electrons. The van der Waals surface area contributed by atoms with Gasteiger partial charge in [-0.05, 0) is 26.7 Å². The summed E-state index contributed by atoms with van der Waals surface area (Å²) in [7, 11) is -4.20. The van der Waals surface area contributed by atoms with Gasteiger partial charge < -0.3 is 9.29 Å². The fourth-order valence-electron chi connectivity index (χ4n) is 0.740. The molecule has 0 bridgehead atoms. The summed E-state index contributed by atoms with van der Waals surface area (Å²) in [6.07, 6.45) is 0.697. The standard InChI is InChI=1S/C9H18O5S.Na/c1-4-9(2,3)8(10)14-6-5-7-15(11,12)13;/h4-7H2,1-3H3,(H,11,12,13);/q;+1/p-1. The predicted molar refractivity (Wildman–Crippen MR) is 54.2 cm³/mol. The van der Waals surface area contributed by atoms with Gasteiger partial charge in [0.25, 0.3) is 0 Å². The van der Waals surface area contributed by atoms with E-state index in [2.05, 4.69) is 0 Å². The van der Waals surface area contributed by atoms with Crippen LogP contribution < -0.4 is 29.6 Å². The van der Waals surface area contributed by atoms with Crippen molar-refractivity contribution < 1.29 is 52.1 Å². The first-order chi connectivity index (χ1) is 6.69. The van der Waals surface area contributed by atoms with E-state index in [1.807, 2.05) is 6.92 Å². The van der Waals surface area contributed by atoms with Crippen LogP contribution in [0.25, 0.3) is 0 Å². The van der Waals surface area contributed by atoms with Crippen molar-refractivity contribution >= 4 is 16.1 Å². The average Bonchev–Trinajstić information content (AvgIpc) is 2.10. The number of carbonyl (C=O) groups is 1. The van der Waals surface area contributed by atoms with Gasteiger partial charge in [-0.3, -0.25) is 4.79 Å². The number of esters is 1. The molecule has 0 aliphatic heterocycles. The molecule has 0 aliphatic rings. The first-order valence-corrected chi connectivity index (χ1v) is 6.37. The summed E-state index contributed by atoms with van der Waals surface area (Å²) >= 11 is 0. The molecule has 90 valence electrons. The second kappa shape index (κ2) is 7.66. The molecule has 16 heavy (non-hydrogen) atoms. The maximum Gasteiger partial charge on any atom is 1.00 e. The van der Waals surface area contributed by atoms with Crippen molar-refractivity contribution in [2.24, 2.45) is 5.41 Å². The van der Waals surface area contributed by atoms with Gasteiger partial charge in [0.2, 0.25) is 0 Å². The van der Waals surface area contributed by atoms with E-state index in [0.717, 1.165) is 0 Å². The molecule has 0 atom stereocenters. The average molecular weight is 260 g/mol. The van der Waals surface area contributed by atoms with E-state index in [9.17, 15) is 17.8 Å². The summed E-state index contributed by atoms with van der Waals surface area (Å²) in [6.45, 7) is 5.34. The van der Waals surface area contributed by atoms with Gasteiger partial charge in [-0.15, -0.1) is 0 Å². The summed E-state index contributed by atoms with van der Waals surface area (Å²) in [5.74, 6) is -0.861. The van der Waals surface area contributed by atoms with Gasteiger partial charge in [0.05, 0.1) is 22.1 Å². The van der Waals surface area contributed by atoms with Crippen LogP contribution in [-0.4, -0.2) is 31.3 Å². The molecule has 0 fully saturated rings. The monoisotopic (exact) mass is 260 g/mol. The molecule has 0 heterocycles. The minimum atomic E-state index is -4.20. The topological polar surface area (TPSA) is 83.5 Å². The van der Waals surface area contributed by atoms with Crippen LogP contribution in [0, 0.1) is 5.41 Å². The molecule has 0 saturated carbocycles. The van der Waals surface area contributed by atoms with Gasteiger partial charge in [0.1, 0.15) is 0 Å². The smallest absolute Gasteiger partial charge is 0.748 e. The van der Waals surface area contributed by atoms with E-state index in [4.69, 9.17) is 4.74 Å². The quantitative estimate of drug-likeness (QED) is 0.236. The van der Waals surface area contributed by atoms with Crippen molar-refractivity contribution in [1.82, 2.24) is 0 Å². The summed E-state index contributed by atoms with van der Waals surface area (Å²) in [4.78, 5) is 11.4. The van der Waals surface area contributed by atoms with Crippen molar-refractivity contribution in [3.8, 4) is 0 Å². The minimum absolute atomic E-state index is 0. The summed E-state index contributed by atoms with van der Waals surface area (Å²) < 4.78 is 35.5. The zero-order chi connectivity index (χ0) is 12.1. The third-order valence-electron chi connectivity index (χ3n) is 2.21. The van der Waals surface area contributed by atoms with Crippen LogP contribution in [0.4, 0.5) is 0 Å². The number of hydrogen-bond acceptors (Lipinski definition) is 5. The van der Waals surface area contributed by atoms with E-state index in [-0.39, 0.29) is 48.6 Å². The van der Waals surface area contributed by atoms with E-state index in [0.29, 0.717) is 6.42 Å². The molecule has 7 heteroatoms. The molecule has 0 aliphatic carbocycles. The van der Waals surface area contributed by atoms with Crippen LogP contribution in [-0.2, 0) is 19.6 Å². The summed E-state index contributed by atoms with van der Waals surface area (Å²) in [5.41, 5.74) is -0.559. The molecule has 0 rings (SSSR count). The molecule has 0 N–H and O–H groups in total. The largest absolute Gasteiger partial charge is 1.00 e. The molecule has 0 unspecified atom stereocenters. The Morgan fingerprint density at radius 2 is 1.88 bits per heavy atom. The fraction of sp³-hybridized carbons (Fsp3) is 0.889. The Morgan fingerprint density at radius 3 is 2.25 bits per heavy atom. The Hall–Kier alpha value is 0.380. The van der Waals surface area contributed by atoms with Crippen molar-refractivity contribution in [3.63, 3.8) is 0 Å². The Morgan fingerprint density at radius 1 is 1.38 bits per heavy atom. The molecule has 5 nitrogen and oxygen atoms in total. The van der Waals surface area contributed by atoms with Crippen molar-refractivity contribution in [2.45, 2.75) is 33.6 Å². The molecular formula is C9H17NaO5S. The van der Waals surface area contributed by atoms with Crippen LogP contribution in [0.3, 0.4) is 0 Å². The SMILES string of the molecule is CCC(C)(C)C(=O)OCCCS(=O)(=O)[O-].[Na+]. The summed E-state index contributed by atoms with van der Waals surface area (Å²) in [6, 6.07) is 0. The molecule has 0 amide bonds. The molecule has 0 aromatic heterocycles. The van der Waals surface area contributed by atoms with E-state index in [1.54, 1.807) is 13.8 Å². The molecule has 0 saturated heterocycles. The van der Waals surface area contributed by atoms with E-state index in [1.165, 1.54) is 0 Å². The molecule has 0 aromatic rings. The summed E-state index contributed by atoms with van der Waals surface area (Å²) in [5, 5.41) is 0. The van der Waals surface area contributed by atoms with Crippen molar-refractivity contribution in [1.29, 1.82) is 0 Å². The number of hydrogen-bond donors (Lipinski definition) is 0. The fourth-order valence-corrected chi connectivity index (χ4v) is 1.21. The molecular weight excluding hydrogens is 243 g/mol. The second-order valence-corrected chi connectivity index (χ2v) is 5.51. The zero-order valence-electron chi connectivity index (χ0n) is 10.3. The van der Waals surface area contributed by atoms with Crippen LogP contribution in [0.2, 0.25) is 0 Å². The Kier molecular flexibility index (Phi) is 8.97. The minimum Gasteiger partial charge on any atom is -0.748 e.